The molecule has 0 heterocycles. The number of aliphatic carboxylic acids is 1. The first-order valence-corrected chi connectivity index (χ1v) is 8.19. The van der Waals surface area contributed by atoms with Gasteiger partial charge in [0.2, 0.25) is 5.91 Å². The molecule has 0 rings (SSSR count). The lowest BCUT2D eigenvalue weighted by molar-refractivity contribution is -0.138. The van der Waals surface area contributed by atoms with Crippen molar-refractivity contribution in [3.05, 3.63) is 0 Å². The molecule has 9 heteroatoms. The van der Waals surface area contributed by atoms with Crippen LogP contribution in [0.5, 0.6) is 0 Å². The maximum Gasteiger partial charge on any atom is 0.413 e. The van der Waals surface area contributed by atoms with Gasteiger partial charge in [0.25, 0.3) is 0 Å². The maximum absolute atomic E-state index is 11.6. The minimum absolute atomic E-state index is 0.0478. The molecule has 1 unspecified atom stereocenters. The predicted octanol–water partition coefficient (Wildman–Crippen LogP) is 2.04. The molecular formula is C16H28N2O7. The van der Waals surface area contributed by atoms with Crippen molar-refractivity contribution < 1.29 is 33.8 Å². The Morgan fingerprint density at radius 1 is 1.04 bits per heavy atom. The average Bonchev–Trinajstić information content (AvgIpc) is 2.49. The second kappa shape index (κ2) is 11.3. The normalized spacial score (nSPS) is 12.8. The van der Waals surface area contributed by atoms with E-state index < -0.39 is 29.5 Å². The summed E-state index contributed by atoms with van der Waals surface area (Å²) in [6, 6.07) is -0.0521. The summed E-state index contributed by atoms with van der Waals surface area (Å²) < 4.78 is 10.2. The van der Waals surface area contributed by atoms with Gasteiger partial charge in [-0.25, -0.2) is 9.59 Å². The van der Waals surface area contributed by atoms with Gasteiger partial charge in [0, 0.05) is 17.9 Å². The van der Waals surface area contributed by atoms with E-state index in [-0.39, 0.29) is 32.1 Å². The largest absolute Gasteiger partial charge is 0.481 e. The summed E-state index contributed by atoms with van der Waals surface area (Å²) in [4.78, 5) is 44.9. The van der Waals surface area contributed by atoms with Gasteiger partial charge in [-0.3, -0.25) is 14.9 Å². The lowest BCUT2D eigenvalue weighted by Crippen LogP contribution is -2.38. The molecule has 0 radical (unpaired) electrons. The summed E-state index contributed by atoms with van der Waals surface area (Å²) in [7, 11) is 0. The topological polar surface area (TPSA) is 131 Å². The molecule has 0 fully saturated rings. The summed E-state index contributed by atoms with van der Waals surface area (Å²) in [5, 5.41) is 13.0. The molecule has 0 aliphatic heterocycles. The van der Waals surface area contributed by atoms with Crippen LogP contribution in [-0.2, 0) is 19.1 Å². The summed E-state index contributed by atoms with van der Waals surface area (Å²) in [5.41, 5.74) is -0.593. The molecule has 0 saturated carbocycles. The zero-order valence-corrected chi connectivity index (χ0v) is 15.2. The highest BCUT2D eigenvalue weighted by molar-refractivity contribution is 5.92. The molecule has 0 aliphatic rings. The zero-order valence-electron chi connectivity index (χ0n) is 15.2. The third kappa shape index (κ3) is 11.8. The van der Waals surface area contributed by atoms with Gasteiger partial charge < -0.3 is 19.9 Å². The molecule has 3 amide bonds. The number of ether oxygens (including phenoxy) is 2. The molecule has 0 aromatic rings. The van der Waals surface area contributed by atoms with E-state index in [0.717, 1.165) is 6.42 Å². The van der Waals surface area contributed by atoms with Crippen molar-refractivity contribution in [2.45, 2.75) is 59.4 Å². The molecule has 0 spiro atoms. The quantitative estimate of drug-likeness (QED) is 0.543. The van der Waals surface area contributed by atoms with Crippen molar-refractivity contribution in [3.8, 4) is 0 Å². The minimum atomic E-state index is -1.13. The summed E-state index contributed by atoms with van der Waals surface area (Å²) >= 11 is 0. The molecule has 3 N–H and O–H groups in total. The second-order valence-corrected chi connectivity index (χ2v) is 6.45. The Balaban J connectivity index is 4.39. The van der Waals surface area contributed by atoms with E-state index in [4.69, 9.17) is 14.6 Å². The first-order chi connectivity index (χ1) is 11.6. The second-order valence-electron chi connectivity index (χ2n) is 6.45. The number of nitrogens with one attached hydrogen (secondary N) is 2. The van der Waals surface area contributed by atoms with Crippen LogP contribution in [0.2, 0.25) is 0 Å². The summed E-state index contributed by atoms with van der Waals surface area (Å²) in [6.07, 6.45) is -0.758. The van der Waals surface area contributed by atoms with E-state index >= 15 is 0 Å². The van der Waals surface area contributed by atoms with Crippen molar-refractivity contribution in [1.29, 1.82) is 0 Å². The fraction of sp³-hybridized carbons (Fsp3) is 0.750. The smallest absolute Gasteiger partial charge is 0.413 e. The van der Waals surface area contributed by atoms with Crippen LogP contribution in [0.4, 0.5) is 9.59 Å². The average molecular weight is 360 g/mol. The van der Waals surface area contributed by atoms with Gasteiger partial charge >= 0.3 is 18.2 Å². The van der Waals surface area contributed by atoms with E-state index in [1.54, 1.807) is 20.8 Å². The van der Waals surface area contributed by atoms with Crippen LogP contribution in [0, 0.1) is 5.41 Å². The number of carboxylic acid groups (broad SMARTS) is 1. The van der Waals surface area contributed by atoms with E-state index in [0.29, 0.717) is 6.42 Å². The van der Waals surface area contributed by atoms with Crippen LogP contribution in [0.3, 0.4) is 0 Å². The number of rotatable bonds is 10. The van der Waals surface area contributed by atoms with Crippen LogP contribution in [0.25, 0.3) is 0 Å². The van der Waals surface area contributed by atoms with Crippen LogP contribution in [-0.4, -0.2) is 48.4 Å². The van der Waals surface area contributed by atoms with Crippen molar-refractivity contribution in [2.75, 3.05) is 13.2 Å². The van der Waals surface area contributed by atoms with Crippen molar-refractivity contribution >= 4 is 24.1 Å². The van der Waals surface area contributed by atoms with Gasteiger partial charge in [-0.05, 0) is 20.3 Å². The highest BCUT2D eigenvalue weighted by atomic mass is 16.6. The predicted molar refractivity (Wildman–Crippen MR) is 89.0 cm³/mol. The standard InChI is InChI=1S/C16H28N2O7/c1-5-8-16(4,9-24-14(22)17-11(2)3)10-25-15(23)18-12(19)6-7-13(20)21/h11H,5-10H2,1-4H3,(H,17,22)(H,20,21)(H,18,19,23). The number of carbonyl (C=O) groups is 4. The number of hydrogen-bond donors (Lipinski definition) is 3. The Hall–Kier alpha value is -2.32. The van der Waals surface area contributed by atoms with E-state index in [2.05, 4.69) is 5.32 Å². The lowest BCUT2D eigenvalue weighted by Gasteiger charge is -2.28. The van der Waals surface area contributed by atoms with Gasteiger partial charge in [0.15, 0.2) is 0 Å². The summed E-state index contributed by atoms with van der Waals surface area (Å²) in [6.45, 7) is 7.37. The molecule has 0 saturated heterocycles. The van der Waals surface area contributed by atoms with Crippen molar-refractivity contribution in [1.82, 2.24) is 10.6 Å². The molecule has 9 nitrogen and oxygen atoms in total. The number of carbonyl (C=O) groups excluding carboxylic acids is 3. The van der Waals surface area contributed by atoms with Gasteiger partial charge in [-0.1, -0.05) is 20.3 Å². The SMILES string of the molecule is CCCC(C)(COC(=O)NC(=O)CCC(=O)O)COC(=O)NC(C)C. The summed E-state index contributed by atoms with van der Waals surface area (Å²) in [5.74, 6) is -1.85. The van der Waals surface area contributed by atoms with Crippen molar-refractivity contribution in [3.63, 3.8) is 0 Å². The molecule has 0 bridgehead atoms. The highest BCUT2D eigenvalue weighted by Gasteiger charge is 2.28. The van der Waals surface area contributed by atoms with Gasteiger partial charge in [0.05, 0.1) is 6.42 Å². The first-order valence-electron chi connectivity index (χ1n) is 8.19. The lowest BCUT2D eigenvalue weighted by atomic mass is 9.87. The molecule has 1 atom stereocenters. The van der Waals surface area contributed by atoms with Gasteiger partial charge in [-0.15, -0.1) is 0 Å². The highest BCUT2D eigenvalue weighted by Crippen LogP contribution is 2.24. The Morgan fingerprint density at radius 2 is 1.60 bits per heavy atom. The van der Waals surface area contributed by atoms with Crippen LogP contribution in [0.1, 0.15) is 53.4 Å². The Kier molecular flexibility index (Phi) is 10.2. The Morgan fingerprint density at radius 3 is 2.08 bits per heavy atom. The molecule has 0 aromatic heterocycles. The Labute approximate surface area is 147 Å². The fourth-order valence-corrected chi connectivity index (χ4v) is 1.98. The molecule has 25 heavy (non-hydrogen) atoms. The molecular weight excluding hydrogens is 332 g/mol. The Bertz CT molecular complexity index is 479. The number of carboxylic acids is 1. The number of amides is 3. The molecule has 0 aromatic carbocycles. The third-order valence-electron chi connectivity index (χ3n) is 3.17. The first kappa shape index (κ1) is 22.7. The van der Waals surface area contributed by atoms with Crippen LogP contribution >= 0.6 is 0 Å². The zero-order chi connectivity index (χ0) is 19.5. The van der Waals surface area contributed by atoms with Gasteiger partial charge in [0.1, 0.15) is 13.2 Å². The number of alkyl carbamates (subject to hydrolysis) is 2. The minimum Gasteiger partial charge on any atom is -0.481 e. The van der Waals surface area contributed by atoms with E-state index in [1.165, 1.54) is 0 Å². The van der Waals surface area contributed by atoms with E-state index in [9.17, 15) is 19.2 Å². The molecule has 0 aliphatic carbocycles. The van der Waals surface area contributed by atoms with Crippen LogP contribution < -0.4 is 10.6 Å². The fourth-order valence-electron chi connectivity index (χ4n) is 1.98. The van der Waals surface area contributed by atoms with Crippen molar-refractivity contribution in [2.24, 2.45) is 5.41 Å². The molecule has 144 valence electrons. The van der Waals surface area contributed by atoms with Crippen LogP contribution in [0.15, 0.2) is 0 Å². The van der Waals surface area contributed by atoms with Gasteiger partial charge in [-0.2, -0.15) is 0 Å². The third-order valence-corrected chi connectivity index (χ3v) is 3.17. The number of hydrogen-bond acceptors (Lipinski definition) is 6. The number of imide groups is 1. The maximum atomic E-state index is 11.6. The van der Waals surface area contributed by atoms with E-state index in [1.807, 2.05) is 12.2 Å². The monoisotopic (exact) mass is 360 g/mol.